The van der Waals surface area contributed by atoms with E-state index in [2.05, 4.69) is 45.0 Å². The Balaban J connectivity index is 1.27. The van der Waals surface area contributed by atoms with Crippen LogP contribution in [0.4, 0.5) is 4.39 Å². The highest BCUT2D eigenvalue weighted by Crippen LogP contribution is 2.33. The average molecular weight is 562 g/mol. The maximum Gasteiger partial charge on any atom is 0.159 e. The van der Waals surface area contributed by atoms with Gasteiger partial charge in [-0.05, 0) is 60.8 Å². The molecular weight excluding hydrogens is 525 g/mol. The summed E-state index contributed by atoms with van der Waals surface area (Å²) in [6.45, 7) is 10.9. The zero-order valence-electron chi connectivity index (χ0n) is 23.9. The maximum absolute atomic E-state index is 14.0. The summed E-state index contributed by atoms with van der Waals surface area (Å²) >= 11 is 0. The fourth-order valence-electron chi connectivity index (χ4n) is 5.94. The lowest BCUT2D eigenvalue weighted by Crippen LogP contribution is -2.16. The van der Waals surface area contributed by atoms with Gasteiger partial charge in [-0.1, -0.05) is 63.5 Å². The summed E-state index contributed by atoms with van der Waals surface area (Å²) in [5, 5.41) is 15.3. The van der Waals surface area contributed by atoms with Gasteiger partial charge in [0.15, 0.2) is 5.82 Å². The van der Waals surface area contributed by atoms with Gasteiger partial charge in [-0.2, -0.15) is 5.10 Å². The summed E-state index contributed by atoms with van der Waals surface area (Å²) in [4.78, 5) is 13.1. The van der Waals surface area contributed by atoms with Gasteiger partial charge in [-0.15, -0.1) is 0 Å². The van der Waals surface area contributed by atoms with E-state index < -0.39 is 0 Å². The Kier molecular flexibility index (Phi) is 7.86. The second-order valence-electron chi connectivity index (χ2n) is 11.0. The largest absolute Gasteiger partial charge is 0.385 e. The molecule has 1 fully saturated rings. The number of allylic oxidation sites excluding steroid dienone is 5. The Hall–Kier alpha value is -4.72. The zero-order chi connectivity index (χ0) is 29.1. The molecule has 2 aliphatic rings. The summed E-state index contributed by atoms with van der Waals surface area (Å²) in [7, 11) is 0. The normalized spacial score (nSPS) is 16.1. The van der Waals surface area contributed by atoms with Gasteiger partial charge in [-0.3, -0.25) is 10.1 Å². The topological polar surface area (TPSA) is 94.3 Å². The molecule has 0 spiro atoms. The van der Waals surface area contributed by atoms with Gasteiger partial charge in [0.2, 0.25) is 0 Å². The SMILES string of the molecule is C=C/C(=C\C(=C/C)c1cc2c(-c3nc4c([nH]3)CNC=C4c3cccc(F)c3)n[nH]c2cn1)NC(=C)CC1CCCCC1. The van der Waals surface area contributed by atoms with Gasteiger partial charge in [0.1, 0.15) is 11.5 Å². The number of benzene rings is 1. The second-order valence-corrected chi connectivity index (χ2v) is 11.0. The molecule has 1 aliphatic heterocycles. The molecule has 0 bridgehead atoms. The van der Waals surface area contributed by atoms with E-state index in [1.807, 2.05) is 37.4 Å². The number of aromatic amines is 2. The minimum absolute atomic E-state index is 0.285. The van der Waals surface area contributed by atoms with E-state index in [0.29, 0.717) is 24.0 Å². The monoisotopic (exact) mass is 561 g/mol. The van der Waals surface area contributed by atoms with Crippen molar-refractivity contribution in [1.29, 1.82) is 0 Å². The summed E-state index contributed by atoms with van der Waals surface area (Å²) in [6, 6.07) is 8.57. The lowest BCUT2D eigenvalue weighted by molar-refractivity contribution is 0.353. The Bertz CT molecular complexity index is 1730. The number of fused-ring (bicyclic) bond motifs is 2. The first-order valence-corrected chi connectivity index (χ1v) is 14.6. The fourth-order valence-corrected chi connectivity index (χ4v) is 5.94. The molecule has 1 aromatic carbocycles. The zero-order valence-corrected chi connectivity index (χ0v) is 23.9. The first-order valence-electron chi connectivity index (χ1n) is 14.6. The molecule has 4 aromatic rings. The van der Waals surface area contributed by atoms with E-state index in [-0.39, 0.29) is 5.82 Å². The predicted octanol–water partition coefficient (Wildman–Crippen LogP) is 7.53. The number of halogens is 1. The number of nitrogens with zero attached hydrogens (tertiary/aromatic N) is 3. The van der Waals surface area contributed by atoms with Crippen molar-refractivity contribution in [2.24, 2.45) is 5.92 Å². The molecule has 6 rings (SSSR count). The summed E-state index contributed by atoms with van der Waals surface area (Å²) in [6.07, 6.45) is 17.1. The third-order valence-corrected chi connectivity index (χ3v) is 8.08. The molecule has 4 N–H and O–H groups in total. The van der Waals surface area contributed by atoms with Gasteiger partial charge >= 0.3 is 0 Å². The van der Waals surface area contributed by atoms with E-state index in [1.54, 1.807) is 12.3 Å². The van der Waals surface area contributed by atoms with Crippen LogP contribution >= 0.6 is 0 Å². The van der Waals surface area contributed by atoms with Crippen molar-refractivity contribution in [1.82, 2.24) is 35.8 Å². The molecule has 0 amide bonds. The molecule has 0 unspecified atom stereocenters. The smallest absolute Gasteiger partial charge is 0.159 e. The number of nitrogens with one attached hydrogen (secondary N) is 4. The highest BCUT2D eigenvalue weighted by molar-refractivity contribution is 5.93. The number of rotatable bonds is 9. The standard InChI is InChI=1S/C34H36FN7/c1-4-23(16-26(5-2)38-21(3)14-22-10-7-6-8-11-22)29-17-27-30(20-37-29)41-42-33(27)34-39-31-19-36-18-28(32(31)40-34)24-12-9-13-25(35)15-24/h4-5,9,12-13,15-18,20,22,36,38H,2-3,6-8,10-11,14,19H2,1H3,(H,39,40)(H,41,42)/b23-4+,26-16+. The Labute approximate surface area is 245 Å². The molecule has 0 radical (unpaired) electrons. The van der Waals surface area contributed by atoms with Crippen LogP contribution in [-0.2, 0) is 6.54 Å². The maximum atomic E-state index is 14.0. The van der Waals surface area contributed by atoms with Crippen molar-refractivity contribution in [3.63, 3.8) is 0 Å². The highest BCUT2D eigenvalue weighted by Gasteiger charge is 2.22. The Morgan fingerprint density at radius 3 is 2.81 bits per heavy atom. The van der Waals surface area contributed by atoms with E-state index in [1.165, 1.54) is 44.2 Å². The first kappa shape index (κ1) is 27.4. The molecule has 0 saturated heterocycles. The van der Waals surface area contributed by atoms with Gasteiger partial charge in [0.05, 0.1) is 35.3 Å². The second kappa shape index (κ2) is 12.0. The summed E-state index contributed by atoms with van der Waals surface area (Å²) in [5.41, 5.74) is 8.48. The third-order valence-electron chi connectivity index (χ3n) is 8.08. The van der Waals surface area contributed by atoms with E-state index in [4.69, 9.17) is 9.97 Å². The van der Waals surface area contributed by atoms with Crippen molar-refractivity contribution >= 4 is 22.0 Å². The minimum atomic E-state index is -0.285. The van der Waals surface area contributed by atoms with Crippen molar-refractivity contribution in [3.05, 3.63) is 114 Å². The quantitative estimate of drug-likeness (QED) is 0.159. The molecule has 3 aromatic heterocycles. The molecule has 1 saturated carbocycles. The van der Waals surface area contributed by atoms with Crippen LogP contribution in [0, 0.1) is 11.7 Å². The fraction of sp³-hybridized carbons (Fsp3) is 0.265. The van der Waals surface area contributed by atoms with Crippen molar-refractivity contribution in [2.45, 2.75) is 52.0 Å². The third kappa shape index (κ3) is 5.70. The van der Waals surface area contributed by atoms with Gasteiger partial charge in [0, 0.05) is 28.6 Å². The van der Waals surface area contributed by atoms with E-state index >= 15 is 0 Å². The lowest BCUT2D eigenvalue weighted by Gasteiger charge is -2.23. The molecule has 1 aliphatic carbocycles. The minimum Gasteiger partial charge on any atom is -0.385 e. The summed E-state index contributed by atoms with van der Waals surface area (Å²) < 4.78 is 14.0. The highest BCUT2D eigenvalue weighted by atomic mass is 19.1. The van der Waals surface area contributed by atoms with Crippen LogP contribution in [0.15, 0.2) is 85.5 Å². The molecule has 4 heterocycles. The van der Waals surface area contributed by atoms with Crippen molar-refractivity contribution < 1.29 is 4.39 Å². The number of pyridine rings is 1. The Morgan fingerprint density at radius 1 is 1.17 bits per heavy atom. The van der Waals surface area contributed by atoms with Crippen LogP contribution in [0.25, 0.3) is 33.6 Å². The van der Waals surface area contributed by atoms with E-state index in [0.717, 1.165) is 62.5 Å². The van der Waals surface area contributed by atoms with Gasteiger partial charge in [0.25, 0.3) is 0 Å². The number of H-pyrrole nitrogens is 2. The average Bonchev–Trinajstić information content (AvgIpc) is 3.63. The van der Waals surface area contributed by atoms with Crippen LogP contribution in [0.5, 0.6) is 0 Å². The predicted molar refractivity (Wildman–Crippen MR) is 167 cm³/mol. The van der Waals surface area contributed by atoms with Crippen molar-refractivity contribution in [2.75, 3.05) is 0 Å². The van der Waals surface area contributed by atoms with Crippen molar-refractivity contribution in [3.8, 4) is 11.5 Å². The number of hydrogen-bond donors (Lipinski definition) is 4. The van der Waals surface area contributed by atoms with Crippen LogP contribution in [-0.4, -0.2) is 25.1 Å². The molecule has 0 atom stereocenters. The molecule has 8 heteroatoms. The van der Waals surface area contributed by atoms with Crippen LogP contribution in [0.1, 0.15) is 68.1 Å². The van der Waals surface area contributed by atoms with Crippen LogP contribution < -0.4 is 10.6 Å². The van der Waals surface area contributed by atoms with Gasteiger partial charge < -0.3 is 15.6 Å². The molecule has 214 valence electrons. The number of imidazole rings is 1. The molecular formula is C34H36FN7. The Morgan fingerprint density at radius 2 is 2.02 bits per heavy atom. The number of hydrogen-bond acceptors (Lipinski definition) is 5. The van der Waals surface area contributed by atoms with Crippen LogP contribution in [0.3, 0.4) is 0 Å². The molecule has 42 heavy (non-hydrogen) atoms. The molecule has 7 nitrogen and oxygen atoms in total. The number of aromatic nitrogens is 5. The summed E-state index contributed by atoms with van der Waals surface area (Å²) in [5.74, 6) is 1.06. The lowest BCUT2D eigenvalue weighted by atomic mass is 9.86. The first-order chi connectivity index (χ1) is 20.5. The van der Waals surface area contributed by atoms with Crippen LogP contribution in [0.2, 0.25) is 0 Å². The van der Waals surface area contributed by atoms with E-state index in [9.17, 15) is 4.39 Å². The van der Waals surface area contributed by atoms with Gasteiger partial charge in [-0.25, -0.2) is 9.37 Å².